The number of carbonyl (C=O) groups is 1. The van der Waals surface area contributed by atoms with Gasteiger partial charge in [-0.05, 0) is 0 Å². The Hall–Kier alpha value is 0.986. The van der Waals surface area contributed by atoms with Crippen molar-refractivity contribution >= 4 is 5.97 Å². The molecule has 2 N–H and O–H groups in total. The number of carboxylic acids is 1. The Kier molecular flexibility index (Phi) is 13.9. The van der Waals surface area contributed by atoms with E-state index in [-0.39, 0.29) is 52.8 Å². The topological polar surface area (TPSA) is 109 Å². The molecule has 0 aromatic carbocycles. The number of carboxylic acid groups (broad SMARTS) is 1. The Balaban J connectivity index is -0.0000000383. The van der Waals surface area contributed by atoms with Gasteiger partial charge in [-0.2, -0.15) is 0 Å². The van der Waals surface area contributed by atoms with Crippen LogP contribution in [0.2, 0.25) is 0 Å². The van der Waals surface area contributed by atoms with Gasteiger partial charge >= 0.3 is 80.0 Å². The minimum atomic E-state index is -5.38. The third kappa shape index (κ3) is 590. The van der Waals surface area contributed by atoms with E-state index in [1.165, 1.54) is 0 Å². The second-order valence-electron chi connectivity index (χ2n) is 0.915. The Bertz CT molecular complexity index is 206. The van der Waals surface area contributed by atoms with Crippen LogP contribution in [0.25, 0.3) is 0 Å². The van der Waals surface area contributed by atoms with Crippen LogP contribution in [0.1, 0.15) is 8.35 Å². The van der Waals surface area contributed by atoms with Gasteiger partial charge in [0.2, 0.25) is 0 Å². The average molecular weight is 220 g/mol. The molecule has 0 fully saturated rings. The van der Waals surface area contributed by atoms with Gasteiger partial charge in [0.15, 0.2) is 0 Å². The first-order valence-electron chi connectivity index (χ1n) is 1.56. The molecule has 0 heterocycles. The Morgan fingerprint density at radius 2 is 1.40 bits per heavy atom. The van der Waals surface area contributed by atoms with Crippen LogP contribution in [0.4, 0.5) is 0 Å². The fraction of sp³-hybridized carbons (Fsp3) is 0.500. The number of rotatable bonds is 0. The van der Waals surface area contributed by atoms with Crippen molar-refractivity contribution < 1.29 is 91.4 Å². The van der Waals surface area contributed by atoms with E-state index in [1.807, 2.05) is 0 Å². The summed E-state index contributed by atoms with van der Waals surface area (Å²) in [6.07, 6.45) is 0. The summed E-state index contributed by atoms with van der Waals surface area (Å²) in [4.78, 5) is 9.00. The summed E-state index contributed by atoms with van der Waals surface area (Å²) in [6, 6.07) is 0. The molecule has 0 aliphatic carbocycles. The van der Waals surface area contributed by atoms with E-state index >= 15 is 0 Å². The van der Waals surface area contributed by atoms with Gasteiger partial charge in [0.25, 0.3) is 5.97 Å². The SMILES string of the molecule is CC(=O)O.[H-].[K+].[O]=[Mn](=[O])(=[O])[OH]. The Morgan fingerprint density at radius 1 is 1.40 bits per heavy atom. The first-order valence-corrected chi connectivity index (χ1v) is 3.53. The van der Waals surface area contributed by atoms with Crippen LogP contribution in [-0.4, -0.2) is 15.3 Å². The summed E-state index contributed by atoms with van der Waals surface area (Å²) in [5.74, 6) is -0.833. The van der Waals surface area contributed by atoms with Crippen molar-refractivity contribution in [1.82, 2.24) is 0 Å². The summed E-state index contributed by atoms with van der Waals surface area (Å²) >= 11 is -5.38. The van der Waals surface area contributed by atoms with Crippen LogP contribution in [0.3, 0.4) is 0 Å². The van der Waals surface area contributed by atoms with Crippen molar-refractivity contribution in [3.63, 3.8) is 0 Å². The molecule has 0 spiro atoms. The maximum atomic E-state index is 9.00. The van der Waals surface area contributed by atoms with Gasteiger partial charge in [-0.25, -0.2) is 0 Å². The Morgan fingerprint density at radius 3 is 1.40 bits per heavy atom. The molecule has 0 rings (SSSR count). The van der Waals surface area contributed by atoms with E-state index in [0.29, 0.717) is 0 Å². The van der Waals surface area contributed by atoms with E-state index < -0.39 is 18.9 Å². The van der Waals surface area contributed by atoms with E-state index in [4.69, 9.17) is 25.6 Å². The third-order valence-corrected chi connectivity index (χ3v) is 0. The number of hydrogen-bond acceptors (Lipinski definition) is 4. The van der Waals surface area contributed by atoms with E-state index in [2.05, 4.69) is 0 Å². The predicted octanol–water partition coefficient (Wildman–Crippen LogP) is -3.71. The second-order valence-corrected chi connectivity index (χ2v) is 2.15. The second kappa shape index (κ2) is 8.09. The van der Waals surface area contributed by atoms with Crippen LogP contribution in [0.5, 0.6) is 0 Å². The molecular formula is C2H6KMnO6. The van der Waals surface area contributed by atoms with E-state index in [9.17, 15) is 0 Å². The van der Waals surface area contributed by atoms with Crippen molar-refractivity contribution in [3.05, 3.63) is 0 Å². The molecule has 0 aromatic heterocycles. The first kappa shape index (κ1) is 17.2. The quantitative estimate of drug-likeness (QED) is 0.406. The summed E-state index contributed by atoms with van der Waals surface area (Å²) < 4.78 is 33.1. The van der Waals surface area contributed by atoms with Crippen molar-refractivity contribution in [2.24, 2.45) is 0 Å². The first-order chi connectivity index (χ1) is 3.73. The zero-order chi connectivity index (χ0) is 8.08. The average Bonchev–Trinajstić information content (AvgIpc) is 1.19. The van der Waals surface area contributed by atoms with Crippen LogP contribution >= 0.6 is 0 Å². The van der Waals surface area contributed by atoms with E-state index in [1.54, 1.807) is 0 Å². The van der Waals surface area contributed by atoms with Crippen molar-refractivity contribution in [3.8, 4) is 0 Å². The predicted molar refractivity (Wildman–Crippen MR) is 18.7 cm³/mol. The molecule has 0 saturated heterocycles. The zero-order valence-electron chi connectivity index (χ0n) is 6.41. The van der Waals surface area contributed by atoms with Crippen LogP contribution in [0, 0.1) is 0 Å². The fourth-order valence-corrected chi connectivity index (χ4v) is 0. The standard InChI is InChI=1S/C2H4O2.K.Mn.H2O.3O.H/c1-2(3)4;;;;;;;/h1H3,(H,3,4);;;1H2;;;;/q;2*+1;;;;;-1/p-1. The molecule has 0 atom stereocenters. The van der Waals surface area contributed by atoms with E-state index in [0.717, 1.165) is 6.92 Å². The monoisotopic (exact) mass is 220 g/mol. The molecule has 0 radical (unpaired) electrons. The van der Waals surface area contributed by atoms with Crippen molar-refractivity contribution in [2.45, 2.75) is 6.92 Å². The van der Waals surface area contributed by atoms with Crippen LogP contribution in [0.15, 0.2) is 0 Å². The molecular weight excluding hydrogens is 214 g/mol. The number of aliphatic carboxylic acids is 1. The zero-order valence-corrected chi connectivity index (χ0v) is 9.71. The summed E-state index contributed by atoms with van der Waals surface area (Å²) in [6.45, 7) is 1.08. The van der Waals surface area contributed by atoms with Gasteiger partial charge in [0, 0.05) is 6.92 Å². The summed E-state index contributed by atoms with van der Waals surface area (Å²) in [7, 11) is 0. The molecule has 0 aromatic rings. The molecule has 0 amide bonds. The Labute approximate surface area is 103 Å². The fourth-order valence-electron chi connectivity index (χ4n) is 0. The van der Waals surface area contributed by atoms with Gasteiger partial charge in [0.1, 0.15) is 0 Å². The minimum absolute atomic E-state index is 0. The molecule has 0 bridgehead atoms. The van der Waals surface area contributed by atoms with Crippen molar-refractivity contribution in [2.75, 3.05) is 0 Å². The van der Waals surface area contributed by atoms with Gasteiger partial charge in [-0.3, -0.25) is 4.79 Å². The summed E-state index contributed by atoms with van der Waals surface area (Å²) in [5.41, 5.74) is 0. The van der Waals surface area contributed by atoms with Gasteiger partial charge in [-0.15, -0.1) is 0 Å². The van der Waals surface area contributed by atoms with Gasteiger partial charge in [-0.1, -0.05) is 0 Å². The summed E-state index contributed by atoms with van der Waals surface area (Å²) in [5, 5.41) is 7.42. The third-order valence-electron chi connectivity index (χ3n) is 0. The van der Waals surface area contributed by atoms with Gasteiger partial charge in [0.05, 0.1) is 0 Å². The molecule has 0 aliphatic rings. The molecule has 0 aliphatic heterocycles. The van der Waals surface area contributed by atoms with Crippen molar-refractivity contribution in [1.29, 1.82) is 0 Å². The molecule has 6 nitrogen and oxygen atoms in total. The van der Waals surface area contributed by atoms with Crippen LogP contribution in [-0.2, 0) is 29.3 Å². The molecule has 0 saturated carbocycles. The number of hydrogen-bond donors (Lipinski definition) is 2. The normalized spacial score (nSPS) is 8.20. The van der Waals surface area contributed by atoms with Crippen LogP contribution < -0.4 is 51.4 Å². The molecule has 10 heavy (non-hydrogen) atoms. The molecule has 58 valence electrons. The van der Waals surface area contributed by atoms with Gasteiger partial charge < -0.3 is 6.53 Å². The maximum absolute atomic E-state index is 9.00. The molecule has 8 heteroatoms. The molecule has 0 unspecified atom stereocenters.